The Labute approximate surface area is 218 Å². The van der Waals surface area contributed by atoms with Gasteiger partial charge in [-0.1, -0.05) is 42.5 Å². The molecule has 0 bridgehead atoms. The molecule has 2 aliphatic heterocycles. The number of benzene rings is 2. The van der Waals surface area contributed by atoms with Gasteiger partial charge in [0.2, 0.25) is 0 Å². The zero-order valence-electron chi connectivity index (χ0n) is 21.6. The Hall–Kier alpha value is -3.42. The second kappa shape index (κ2) is 10.5. The first-order valence-electron chi connectivity index (χ1n) is 13.5. The number of hydrogen-bond donors (Lipinski definition) is 2. The number of aromatic nitrogens is 3. The molecule has 4 heterocycles. The van der Waals surface area contributed by atoms with Crippen LogP contribution in [0.15, 0.2) is 61.1 Å². The van der Waals surface area contributed by atoms with Crippen molar-refractivity contribution in [3.05, 3.63) is 78.1 Å². The fraction of sp³-hybridized carbons (Fsp3) is 0.400. The van der Waals surface area contributed by atoms with Crippen molar-refractivity contribution in [3.8, 4) is 11.1 Å². The molecule has 7 nitrogen and oxygen atoms in total. The van der Waals surface area contributed by atoms with E-state index in [1.54, 1.807) is 0 Å². The molecule has 0 atom stereocenters. The van der Waals surface area contributed by atoms with E-state index < -0.39 is 0 Å². The number of piperidine rings is 1. The van der Waals surface area contributed by atoms with E-state index in [-0.39, 0.29) is 5.91 Å². The van der Waals surface area contributed by atoms with E-state index in [0.717, 1.165) is 73.9 Å². The lowest BCUT2D eigenvalue weighted by Crippen LogP contribution is -2.47. The Balaban J connectivity index is 1.31. The maximum Gasteiger partial charge on any atom is 0.256 e. The van der Waals surface area contributed by atoms with Gasteiger partial charge in [-0.25, -0.2) is 4.98 Å². The molecule has 2 aromatic heterocycles. The summed E-state index contributed by atoms with van der Waals surface area (Å²) in [5, 5.41) is 5.79. The van der Waals surface area contributed by atoms with Crippen LogP contribution >= 0.6 is 0 Å². The highest BCUT2D eigenvalue weighted by Crippen LogP contribution is 2.33. The fourth-order valence-corrected chi connectivity index (χ4v) is 5.77. The molecule has 6 rings (SSSR count). The van der Waals surface area contributed by atoms with Gasteiger partial charge in [0.1, 0.15) is 5.82 Å². The lowest BCUT2D eigenvalue weighted by atomic mass is 9.94. The molecule has 0 unspecified atom stereocenters. The second-order valence-electron chi connectivity index (χ2n) is 10.6. The number of amides is 1. The monoisotopic (exact) mass is 496 g/mol. The van der Waals surface area contributed by atoms with Gasteiger partial charge in [-0.05, 0) is 55.2 Å². The van der Waals surface area contributed by atoms with Crippen molar-refractivity contribution in [1.29, 1.82) is 0 Å². The molecular weight excluding hydrogens is 460 g/mol. The van der Waals surface area contributed by atoms with Crippen LogP contribution in [0.5, 0.6) is 0 Å². The molecule has 192 valence electrons. The average molecular weight is 497 g/mol. The number of nitrogens with zero attached hydrogens (tertiary/aromatic N) is 4. The van der Waals surface area contributed by atoms with E-state index in [4.69, 9.17) is 0 Å². The molecule has 0 saturated carbocycles. The highest BCUT2D eigenvalue weighted by molar-refractivity contribution is 6.06. The quantitative estimate of drug-likeness (QED) is 0.423. The molecular formula is C30H36N6O. The Morgan fingerprint density at radius 1 is 0.973 bits per heavy atom. The standard InChI is InChI=1S/C30H36N6O/c1-34-13-15-36(16-14-34)30(37)28-21-35(19-24-18-32-29(33-24)17-22-9-11-31-12-10-22)20-27(28)26-8-4-6-23-5-2-3-7-25(23)26/h2-8,18,20-22,31H,9-17,19H2,1H3,(H,32,33). The summed E-state index contributed by atoms with van der Waals surface area (Å²) in [4.78, 5) is 26.3. The summed E-state index contributed by atoms with van der Waals surface area (Å²) in [5.41, 5.74) is 3.94. The van der Waals surface area contributed by atoms with Crippen LogP contribution in [0, 0.1) is 5.92 Å². The summed E-state index contributed by atoms with van der Waals surface area (Å²) in [6.45, 7) is 6.19. The summed E-state index contributed by atoms with van der Waals surface area (Å²) in [7, 11) is 2.11. The molecule has 2 aromatic carbocycles. The number of carbonyl (C=O) groups is 1. The van der Waals surface area contributed by atoms with Crippen LogP contribution in [0.4, 0.5) is 0 Å². The van der Waals surface area contributed by atoms with Gasteiger partial charge in [-0.3, -0.25) is 4.79 Å². The minimum atomic E-state index is 0.117. The van der Waals surface area contributed by atoms with Gasteiger partial charge in [-0.2, -0.15) is 0 Å². The van der Waals surface area contributed by atoms with Crippen molar-refractivity contribution >= 4 is 16.7 Å². The van der Waals surface area contributed by atoms with E-state index in [0.29, 0.717) is 12.5 Å². The average Bonchev–Trinajstić information content (AvgIpc) is 3.56. The molecule has 7 heteroatoms. The minimum Gasteiger partial charge on any atom is -0.347 e. The molecule has 0 radical (unpaired) electrons. The molecule has 37 heavy (non-hydrogen) atoms. The third-order valence-corrected chi connectivity index (χ3v) is 7.96. The van der Waals surface area contributed by atoms with Crippen LogP contribution in [0.2, 0.25) is 0 Å². The van der Waals surface area contributed by atoms with Crippen LogP contribution in [-0.4, -0.2) is 76.6 Å². The van der Waals surface area contributed by atoms with Gasteiger partial charge < -0.3 is 24.7 Å². The topological polar surface area (TPSA) is 69.2 Å². The number of carbonyl (C=O) groups excluding carboxylic acids is 1. The summed E-state index contributed by atoms with van der Waals surface area (Å²) in [5.74, 6) is 1.88. The highest BCUT2D eigenvalue weighted by Gasteiger charge is 2.25. The van der Waals surface area contributed by atoms with Gasteiger partial charge in [0.15, 0.2) is 0 Å². The van der Waals surface area contributed by atoms with Crippen LogP contribution in [0.25, 0.3) is 21.9 Å². The molecule has 2 fully saturated rings. The maximum atomic E-state index is 13.8. The molecule has 0 aliphatic carbocycles. The number of piperazine rings is 1. The summed E-state index contributed by atoms with van der Waals surface area (Å²) in [6.07, 6.45) is 9.54. The van der Waals surface area contributed by atoms with Crippen molar-refractivity contribution in [1.82, 2.24) is 29.7 Å². The van der Waals surface area contributed by atoms with Gasteiger partial charge in [0.05, 0.1) is 24.0 Å². The second-order valence-corrected chi connectivity index (χ2v) is 10.6. The predicted molar refractivity (Wildman–Crippen MR) is 148 cm³/mol. The summed E-state index contributed by atoms with van der Waals surface area (Å²) in [6, 6.07) is 14.8. The van der Waals surface area contributed by atoms with E-state index in [2.05, 4.69) is 80.5 Å². The maximum absolute atomic E-state index is 13.8. The van der Waals surface area contributed by atoms with E-state index in [1.165, 1.54) is 23.6 Å². The summed E-state index contributed by atoms with van der Waals surface area (Å²) < 4.78 is 2.14. The first-order chi connectivity index (χ1) is 18.1. The zero-order chi connectivity index (χ0) is 25.2. The van der Waals surface area contributed by atoms with Gasteiger partial charge >= 0.3 is 0 Å². The fourth-order valence-electron chi connectivity index (χ4n) is 5.77. The Morgan fingerprint density at radius 3 is 2.59 bits per heavy atom. The Morgan fingerprint density at radius 2 is 1.76 bits per heavy atom. The van der Waals surface area contributed by atoms with Crippen molar-refractivity contribution in [2.75, 3.05) is 46.3 Å². The molecule has 4 aromatic rings. The van der Waals surface area contributed by atoms with Crippen LogP contribution < -0.4 is 5.32 Å². The number of likely N-dealkylation sites (N-methyl/N-ethyl adjacent to an activating group) is 1. The molecule has 1 amide bonds. The lowest BCUT2D eigenvalue weighted by molar-refractivity contribution is 0.0665. The third kappa shape index (κ3) is 5.20. The zero-order valence-corrected chi connectivity index (χ0v) is 21.6. The molecule has 0 spiro atoms. The summed E-state index contributed by atoms with van der Waals surface area (Å²) >= 11 is 0. The van der Waals surface area contributed by atoms with Crippen molar-refractivity contribution in [2.45, 2.75) is 25.8 Å². The van der Waals surface area contributed by atoms with Crippen LogP contribution in [-0.2, 0) is 13.0 Å². The number of imidazole rings is 1. The number of H-pyrrole nitrogens is 1. The molecule has 2 saturated heterocycles. The van der Waals surface area contributed by atoms with Crippen molar-refractivity contribution in [3.63, 3.8) is 0 Å². The highest BCUT2D eigenvalue weighted by atomic mass is 16.2. The van der Waals surface area contributed by atoms with Crippen LogP contribution in [0.3, 0.4) is 0 Å². The lowest BCUT2D eigenvalue weighted by Gasteiger charge is -2.32. The first-order valence-corrected chi connectivity index (χ1v) is 13.5. The third-order valence-electron chi connectivity index (χ3n) is 7.96. The van der Waals surface area contributed by atoms with E-state index >= 15 is 0 Å². The van der Waals surface area contributed by atoms with Gasteiger partial charge in [0.25, 0.3) is 5.91 Å². The predicted octanol–water partition coefficient (Wildman–Crippen LogP) is 4.01. The Bertz CT molecular complexity index is 1370. The smallest absolute Gasteiger partial charge is 0.256 e. The normalized spacial score (nSPS) is 17.5. The number of fused-ring (bicyclic) bond motifs is 1. The van der Waals surface area contributed by atoms with E-state index in [1.807, 2.05) is 17.3 Å². The first kappa shape index (κ1) is 23.9. The molecule has 2 N–H and O–H groups in total. The SMILES string of the molecule is CN1CCN(C(=O)c2cn(Cc3cnc(CC4CCNCC4)[nH]3)cc2-c2cccc3ccccc23)CC1. The van der Waals surface area contributed by atoms with Crippen LogP contribution in [0.1, 0.15) is 34.7 Å². The van der Waals surface area contributed by atoms with Crippen molar-refractivity contribution < 1.29 is 4.79 Å². The van der Waals surface area contributed by atoms with Gasteiger partial charge in [-0.15, -0.1) is 0 Å². The minimum absolute atomic E-state index is 0.117. The largest absolute Gasteiger partial charge is 0.347 e. The Kier molecular flexibility index (Phi) is 6.81. The number of nitrogens with one attached hydrogen (secondary N) is 2. The molecule has 2 aliphatic rings. The number of hydrogen-bond acceptors (Lipinski definition) is 4. The number of aromatic amines is 1. The van der Waals surface area contributed by atoms with Gasteiger partial charge in [0, 0.05) is 50.6 Å². The number of rotatable bonds is 6. The van der Waals surface area contributed by atoms with Crippen molar-refractivity contribution in [2.24, 2.45) is 5.92 Å². The van der Waals surface area contributed by atoms with E-state index in [9.17, 15) is 4.79 Å².